The molecule has 6 heteroatoms. The second kappa shape index (κ2) is 6.36. The van der Waals surface area contributed by atoms with Crippen LogP contribution in [0.1, 0.15) is 0 Å². The maximum Gasteiger partial charge on any atom is 0.189 e. The molecule has 0 saturated carbocycles. The van der Waals surface area contributed by atoms with E-state index in [1.54, 1.807) is 30.3 Å². The lowest BCUT2D eigenvalue weighted by molar-refractivity contribution is 0.632. The van der Waals surface area contributed by atoms with Gasteiger partial charge in [0.1, 0.15) is 5.82 Å². The first-order valence-electron chi connectivity index (χ1n) is 5.49. The van der Waals surface area contributed by atoms with Crippen molar-refractivity contribution >= 4 is 40.3 Å². The predicted octanol–water partition coefficient (Wildman–Crippen LogP) is 3.79. The minimum atomic E-state index is -0.371. The van der Waals surface area contributed by atoms with Gasteiger partial charge in [0.25, 0.3) is 0 Å². The number of benzene rings is 2. The van der Waals surface area contributed by atoms with E-state index in [0.717, 1.165) is 0 Å². The third-order valence-electron chi connectivity index (χ3n) is 2.31. The third kappa shape index (κ3) is 3.81. The summed E-state index contributed by atoms with van der Waals surface area (Å²) in [5, 5.41) is 3.54. The molecule has 2 aromatic rings. The van der Waals surface area contributed by atoms with Gasteiger partial charge in [0.15, 0.2) is 5.11 Å². The van der Waals surface area contributed by atoms with E-state index in [4.69, 9.17) is 23.8 Å². The highest BCUT2D eigenvalue weighted by Gasteiger charge is 2.03. The van der Waals surface area contributed by atoms with Crippen molar-refractivity contribution in [3.8, 4) is 0 Å². The van der Waals surface area contributed by atoms with Gasteiger partial charge in [0, 0.05) is 0 Å². The van der Waals surface area contributed by atoms with Crippen LogP contribution in [-0.4, -0.2) is 5.11 Å². The summed E-state index contributed by atoms with van der Waals surface area (Å²) in [5.74, 6) is -0.371. The molecule has 0 spiro atoms. The molecule has 2 rings (SSSR count). The summed E-state index contributed by atoms with van der Waals surface area (Å²) in [6, 6.07) is 13.5. The molecule has 3 N–H and O–H groups in total. The summed E-state index contributed by atoms with van der Waals surface area (Å²) in [6.45, 7) is 0. The summed E-state index contributed by atoms with van der Waals surface area (Å²) in [4.78, 5) is 0. The predicted molar refractivity (Wildman–Crippen MR) is 80.8 cm³/mol. The van der Waals surface area contributed by atoms with Crippen LogP contribution in [0.3, 0.4) is 0 Å². The van der Waals surface area contributed by atoms with Crippen molar-refractivity contribution in [1.82, 2.24) is 5.43 Å². The molecule has 0 atom stereocenters. The maximum atomic E-state index is 13.4. The second-order valence-corrected chi connectivity index (χ2v) is 4.48. The van der Waals surface area contributed by atoms with Crippen LogP contribution in [0.15, 0.2) is 48.5 Å². The largest absolute Gasteiger partial charge is 0.329 e. The number of hydrazine groups is 1. The van der Waals surface area contributed by atoms with Gasteiger partial charge < -0.3 is 5.32 Å². The van der Waals surface area contributed by atoms with Crippen LogP contribution < -0.4 is 16.2 Å². The molecule has 0 bridgehead atoms. The molecule has 0 amide bonds. The highest BCUT2D eigenvalue weighted by molar-refractivity contribution is 7.80. The Labute approximate surface area is 120 Å². The van der Waals surface area contributed by atoms with E-state index >= 15 is 0 Å². The van der Waals surface area contributed by atoms with Gasteiger partial charge >= 0.3 is 0 Å². The van der Waals surface area contributed by atoms with Crippen molar-refractivity contribution in [2.45, 2.75) is 0 Å². The van der Waals surface area contributed by atoms with Crippen LogP contribution >= 0.6 is 23.8 Å². The van der Waals surface area contributed by atoms with Gasteiger partial charge in [-0.25, -0.2) is 4.39 Å². The maximum absolute atomic E-state index is 13.4. The van der Waals surface area contributed by atoms with E-state index in [1.165, 1.54) is 6.07 Å². The highest BCUT2D eigenvalue weighted by atomic mass is 35.5. The summed E-state index contributed by atoms with van der Waals surface area (Å²) in [6.07, 6.45) is 0. The molecular formula is C13H11ClFN3S. The standard InChI is InChI=1S/C13H11ClFN3S/c14-9-5-1-3-7-11(9)17-18-13(19)16-12-8-4-2-6-10(12)15/h1-8,17H,(H2,16,18,19). The lowest BCUT2D eigenvalue weighted by atomic mass is 10.3. The molecule has 3 nitrogen and oxygen atoms in total. The Hall–Kier alpha value is -1.85. The van der Waals surface area contributed by atoms with Gasteiger partial charge in [-0.2, -0.15) is 0 Å². The number of anilines is 2. The Morgan fingerprint density at radius 3 is 2.32 bits per heavy atom. The van der Waals surface area contributed by atoms with Crippen molar-refractivity contribution in [2.24, 2.45) is 0 Å². The summed E-state index contributed by atoms with van der Waals surface area (Å²) in [5.41, 5.74) is 6.57. The lowest BCUT2D eigenvalue weighted by Gasteiger charge is -2.13. The Morgan fingerprint density at radius 2 is 1.63 bits per heavy atom. The van der Waals surface area contributed by atoms with Gasteiger partial charge in [-0.15, -0.1) is 0 Å². The molecule has 0 fully saturated rings. The van der Waals surface area contributed by atoms with E-state index in [9.17, 15) is 4.39 Å². The molecule has 0 radical (unpaired) electrons. The fraction of sp³-hybridized carbons (Fsp3) is 0. The third-order valence-corrected chi connectivity index (χ3v) is 2.84. The van der Waals surface area contributed by atoms with Gasteiger partial charge in [-0.1, -0.05) is 35.9 Å². The molecule has 0 aliphatic rings. The SMILES string of the molecule is Fc1ccccc1NC(=S)NNc1ccccc1Cl. The molecule has 0 aromatic heterocycles. The van der Waals surface area contributed by atoms with Crippen molar-refractivity contribution in [3.63, 3.8) is 0 Å². The monoisotopic (exact) mass is 295 g/mol. The van der Waals surface area contributed by atoms with Crippen LogP contribution in [0.4, 0.5) is 15.8 Å². The van der Waals surface area contributed by atoms with E-state index in [1.807, 2.05) is 12.1 Å². The first-order valence-corrected chi connectivity index (χ1v) is 6.27. The van der Waals surface area contributed by atoms with Crippen LogP contribution in [0.25, 0.3) is 0 Å². The lowest BCUT2D eigenvalue weighted by Crippen LogP contribution is -2.33. The zero-order valence-corrected chi connectivity index (χ0v) is 11.4. The van der Waals surface area contributed by atoms with Crippen LogP contribution in [-0.2, 0) is 0 Å². The van der Waals surface area contributed by atoms with Crippen molar-refractivity contribution in [2.75, 3.05) is 10.7 Å². The number of thiocarbonyl (C=S) groups is 1. The molecule has 0 saturated heterocycles. The Bertz CT molecular complexity index is 592. The summed E-state index contributed by atoms with van der Waals surface area (Å²) >= 11 is 11.0. The van der Waals surface area contributed by atoms with E-state index in [0.29, 0.717) is 16.4 Å². The van der Waals surface area contributed by atoms with E-state index in [-0.39, 0.29) is 10.9 Å². The van der Waals surface area contributed by atoms with Crippen LogP contribution in [0, 0.1) is 5.82 Å². The van der Waals surface area contributed by atoms with Gasteiger partial charge in [-0.3, -0.25) is 10.9 Å². The van der Waals surface area contributed by atoms with E-state index in [2.05, 4.69) is 16.2 Å². The van der Waals surface area contributed by atoms with Crippen molar-refractivity contribution < 1.29 is 4.39 Å². The van der Waals surface area contributed by atoms with E-state index < -0.39 is 0 Å². The Morgan fingerprint density at radius 1 is 1.00 bits per heavy atom. The first kappa shape index (κ1) is 13.6. The Balaban J connectivity index is 1.92. The quantitative estimate of drug-likeness (QED) is 0.595. The normalized spacial score (nSPS) is 9.79. The smallest absolute Gasteiger partial charge is 0.189 e. The van der Waals surface area contributed by atoms with Crippen molar-refractivity contribution in [1.29, 1.82) is 0 Å². The van der Waals surface area contributed by atoms with Crippen LogP contribution in [0.5, 0.6) is 0 Å². The fourth-order valence-corrected chi connectivity index (χ4v) is 1.75. The molecule has 0 heterocycles. The zero-order valence-electron chi connectivity index (χ0n) is 9.78. The molecular weight excluding hydrogens is 285 g/mol. The number of hydrogen-bond donors (Lipinski definition) is 3. The molecule has 2 aromatic carbocycles. The number of halogens is 2. The number of para-hydroxylation sites is 2. The molecule has 0 unspecified atom stereocenters. The second-order valence-electron chi connectivity index (χ2n) is 3.66. The zero-order chi connectivity index (χ0) is 13.7. The number of rotatable bonds is 3. The minimum Gasteiger partial charge on any atom is -0.329 e. The topological polar surface area (TPSA) is 36.1 Å². The summed E-state index contributed by atoms with van der Waals surface area (Å²) in [7, 11) is 0. The van der Waals surface area contributed by atoms with Gasteiger partial charge in [0.05, 0.1) is 16.4 Å². The fourth-order valence-electron chi connectivity index (χ4n) is 1.40. The summed E-state index contributed by atoms with van der Waals surface area (Å²) < 4.78 is 13.4. The average molecular weight is 296 g/mol. The minimum absolute atomic E-state index is 0.241. The highest BCUT2D eigenvalue weighted by Crippen LogP contribution is 2.19. The van der Waals surface area contributed by atoms with Gasteiger partial charge in [0.2, 0.25) is 0 Å². The van der Waals surface area contributed by atoms with Crippen molar-refractivity contribution in [3.05, 3.63) is 59.4 Å². The average Bonchev–Trinajstić information content (AvgIpc) is 2.40. The Kier molecular flexibility index (Phi) is 4.54. The van der Waals surface area contributed by atoms with Crippen LogP contribution in [0.2, 0.25) is 5.02 Å². The first-order chi connectivity index (χ1) is 9.16. The number of hydrogen-bond acceptors (Lipinski definition) is 2. The van der Waals surface area contributed by atoms with Gasteiger partial charge in [-0.05, 0) is 36.5 Å². The molecule has 0 aliphatic heterocycles. The number of nitrogens with one attached hydrogen (secondary N) is 3. The molecule has 0 aliphatic carbocycles. The molecule has 98 valence electrons. The molecule has 19 heavy (non-hydrogen) atoms.